The summed E-state index contributed by atoms with van der Waals surface area (Å²) in [6.07, 6.45) is 15.3. The fourth-order valence-corrected chi connectivity index (χ4v) is 3.33. The normalized spacial score (nSPS) is 12.2. The van der Waals surface area contributed by atoms with Crippen LogP contribution in [0, 0.1) is 11.8 Å². The molecule has 0 bridgehead atoms. The Kier molecular flexibility index (Phi) is 18.9. The Bertz CT molecular complexity index is 423. The number of hydrogen-bond donors (Lipinski definition) is 1. The molecule has 0 radical (unpaired) electrons. The lowest BCUT2D eigenvalue weighted by Gasteiger charge is -2.19. The van der Waals surface area contributed by atoms with Crippen LogP contribution in [-0.4, -0.2) is 31.3 Å². The van der Waals surface area contributed by atoms with E-state index >= 15 is 0 Å². The first-order valence-electron chi connectivity index (χ1n) is 12.5. The first-order valence-corrected chi connectivity index (χ1v) is 12.5. The molecule has 178 valence electrons. The van der Waals surface area contributed by atoms with Crippen molar-refractivity contribution >= 4 is 12.1 Å². The van der Waals surface area contributed by atoms with Gasteiger partial charge in [0.25, 0.3) is 0 Å². The van der Waals surface area contributed by atoms with E-state index in [-0.39, 0.29) is 17.8 Å². The summed E-state index contributed by atoms with van der Waals surface area (Å²) < 4.78 is 10.5. The Morgan fingerprint density at radius 3 is 1.67 bits per heavy atom. The van der Waals surface area contributed by atoms with Gasteiger partial charge in [0.05, 0.1) is 13.2 Å². The number of unbranched alkanes of at least 4 members (excludes halogenated alkanes) is 11. The number of alkyl carbamates (subject to hydrolysis) is 1. The van der Waals surface area contributed by atoms with E-state index in [0.717, 1.165) is 12.8 Å². The van der Waals surface area contributed by atoms with Crippen molar-refractivity contribution in [2.75, 3.05) is 13.2 Å². The molecule has 5 heteroatoms. The third-order valence-electron chi connectivity index (χ3n) is 5.07. The van der Waals surface area contributed by atoms with Crippen LogP contribution in [0.5, 0.6) is 0 Å². The van der Waals surface area contributed by atoms with Gasteiger partial charge in [0, 0.05) is 0 Å². The van der Waals surface area contributed by atoms with Gasteiger partial charge in [0.15, 0.2) is 0 Å². The Hall–Kier alpha value is -1.26. The second-order valence-electron chi connectivity index (χ2n) is 9.38. The lowest BCUT2D eigenvalue weighted by molar-refractivity contribution is -0.146. The number of rotatable bonds is 19. The fourth-order valence-electron chi connectivity index (χ4n) is 3.33. The molecule has 0 aromatic heterocycles. The molecule has 0 aliphatic heterocycles. The summed E-state index contributed by atoms with van der Waals surface area (Å²) in [5.74, 6) is 0.185. The first-order chi connectivity index (χ1) is 14.4. The van der Waals surface area contributed by atoms with E-state index in [1.807, 2.05) is 27.7 Å². The van der Waals surface area contributed by atoms with Crippen LogP contribution in [0.4, 0.5) is 4.79 Å². The van der Waals surface area contributed by atoms with Crippen molar-refractivity contribution in [1.82, 2.24) is 5.32 Å². The van der Waals surface area contributed by atoms with Crippen molar-refractivity contribution in [2.24, 2.45) is 11.8 Å². The molecule has 0 aromatic rings. The molecule has 1 amide bonds. The molecule has 1 atom stereocenters. The minimum atomic E-state index is -0.637. The summed E-state index contributed by atoms with van der Waals surface area (Å²) in [5, 5.41) is 2.66. The summed E-state index contributed by atoms with van der Waals surface area (Å²) >= 11 is 0. The number of amides is 1. The van der Waals surface area contributed by atoms with E-state index in [9.17, 15) is 9.59 Å². The number of carbonyl (C=O) groups is 2. The summed E-state index contributed by atoms with van der Waals surface area (Å²) in [4.78, 5) is 24.3. The molecular formula is C25H49NO4. The van der Waals surface area contributed by atoms with Crippen molar-refractivity contribution in [2.45, 2.75) is 124 Å². The molecule has 0 aliphatic carbocycles. The van der Waals surface area contributed by atoms with E-state index in [4.69, 9.17) is 9.47 Å². The van der Waals surface area contributed by atoms with Crippen molar-refractivity contribution in [3.8, 4) is 0 Å². The van der Waals surface area contributed by atoms with Crippen LogP contribution in [0.15, 0.2) is 0 Å². The van der Waals surface area contributed by atoms with Gasteiger partial charge < -0.3 is 14.8 Å². The molecule has 0 fully saturated rings. The lowest BCUT2D eigenvalue weighted by Crippen LogP contribution is -2.43. The minimum absolute atomic E-state index is 0.261. The van der Waals surface area contributed by atoms with Crippen LogP contribution in [0.3, 0.4) is 0 Å². The molecule has 0 aliphatic rings. The standard InChI is InChI=1S/C25H49NO4/c1-6-7-8-9-10-11-12-13-14-15-16-17-18-29-24(27)23(19-21(2)3)26-25(28)30-20-22(4)5/h21-23H,6-20H2,1-5H3,(H,26,28). The first kappa shape index (κ1) is 28.7. The average molecular weight is 428 g/mol. The van der Waals surface area contributed by atoms with E-state index in [2.05, 4.69) is 12.2 Å². The van der Waals surface area contributed by atoms with Gasteiger partial charge >= 0.3 is 12.1 Å². The van der Waals surface area contributed by atoms with Crippen molar-refractivity contribution < 1.29 is 19.1 Å². The number of esters is 1. The smallest absolute Gasteiger partial charge is 0.407 e. The quantitative estimate of drug-likeness (QED) is 0.177. The van der Waals surface area contributed by atoms with Gasteiger partial charge in [-0.15, -0.1) is 0 Å². The fraction of sp³-hybridized carbons (Fsp3) is 0.920. The Morgan fingerprint density at radius 1 is 0.700 bits per heavy atom. The maximum absolute atomic E-state index is 12.4. The highest BCUT2D eigenvalue weighted by Gasteiger charge is 2.24. The molecule has 5 nitrogen and oxygen atoms in total. The van der Waals surface area contributed by atoms with E-state index < -0.39 is 12.1 Å². The van der Waals surface area contributed by atoms with Gasteiger partial charge in [-0.2, -0.15) is 0 Å². The monoisotopic (exact) mass is 427 g/mol. The topological polar surface area (TPSA) is 64.6 Å². The molecule has 0 heterocycles. The average Bonchev–Trinajstić information content (AvgIpc) is 2.69. The maximum atomic E-state index is 12.4. The lowest BCUT2D eigenvalue weighted by atomic mass is 10.0. The maximum Gasteiger partial charge on any atom is 0.407 e. The van der Waals surface area contributed by atoms with Gasteiger partial charge in [-0.3, -0.25) is 0 Å². The summed E-state index contributed by atoms with van der Waals surface area (Å²) in [5.41, 5.74) is 0. The molecular weight excluding hydrogens is 378 g/mol. The van der Waals surface area contributed by atoms with E-state index in [1.54, 1.807) is 0 Å². The zero-order chi connectivity index (χ0) is 22.6. The summed E-state index contributed by atoms with van der Waals surface area (Å²) in [6.45, 7) is 11.0. The zero-order valence-corrected chi connectivity index (χ0v) is 20.5. The largest absolute Gasteiger partial charge is 0.464 e. The molecule has 0 saturated carbocycles. The molecule has 1 N–H and O–H groups in total. The van der Waals surface area contributed by atoms with Crippen LogP contribution < -0.4 is 5.32 Å². The molecule has 1 unspecified atom stereocenters. The molecule has 0 aromatic carbocycles. The minimum Gasteiger partial charge on any atom is -0.464 e. The van der Waals surface area contributed by atoms with Crippen molar-refractivity contribution in [3.63, 3.8) is 0 Å². The highest BCUT2D eigenvalue weighted by atomic mass is 16.6. The molecule has 0 rings (SSSR count). The SMILES string of the molecule is CCCCCCCCCCCCCCOC(=O)C(CC(C)C)NC(=O)OCC(C)C. The number of ether oxygens (including phenoxy) is 2. The zero-order valence-electron chi connectivity index (χ0n) is 20.5. The third kappa shape index (κ3) is 18.7. The Morgan fingerprint density at radius 2 is 1.20 bits per heavy atom. The van der Waals surface area contributed by atoms with Gasteiger partial charge in [-0.1, -0.05) is 105 Å². The van der Waals surface area contributed by atoms with Crippen LogP contribution in [-0.2, 0) is 14.3 Å². The molecule has 0 saturated heterocycles. The van der Waals surface area contributed by atoms with E-state index in [1.165, 1.54) is 64.2 Å². The van der Waals surface area contributed by atoms with Crippen LogP contribution >= 0.6 is 0 Å². The second kappa shape index (κ2) is 19.7. The predicted octanol–water partition coefficient (Wildman–Crippen LogP) is 7.03. The van der Waals surface area contributed by atoms with E-state index in [0.29, 0.717) is 19.6 Å². The predicted molar refractivity (Wildman–Crippen MR) is 125 cm³/mol. The van der Waals surface area contributed by atoms with Crippen LogP contribution in [0.1, 0.15) is 118 Å². The Balaban J connectivity index is 3.81. The molecule has 0 spiro atoms. The molecule has 30 heavy (non-hydrogen) atoms. The summed E-state index contributed by atoms with van der Waals surface area (Å²) in [6, 6.07) is -0.637. The second-order valence-corrected chi connectivity index (χ2v) is 9.38. The summed E-state index contributed by atoms with van der Waals surface area (Å²) in [7, 11) is 0. The highest BCUT2D eigenvalue weighted by molar-refractivity contribution is 5.81. The van der Waals surface area contributed by atoms with Crippen LogP contribution in [0.25, 0.3) is 0 Å². The van der Waals surface area contributed by atoms with Gasteiger partial charge in [-0.05, 0) is 24.7 Å². The third-order valence-corrected chi connectivity index (χ3v) is 5.07. The van der Waals surface area contributed by atoms with Gasteiger partial charge in [0.1, 0.15) is 6.04 Å². The number of hydrogen-bond acceptors (Lipinski definition) is 4. The number of nitrogens with one attached hydrogen (secondary N) is 1. The number of carbonyl (C=O) groups excluding carboxylic acids is 2. The van der Waals surface area contributed by atoms with Crippen molar-refractivity contribution in [1.29, 1.82) is 0 Å². The van der Waals surface area contributed by atoms with Gasteiger partial charge in [-0.25, -0.2) is 9.59 Å². The van der Waals surface area contributed by atoms with Gasteiger partial charge in [0.2, 0.25) is 0 Å². The Labute approximate surface area is 186 Å². The highest BCUT2D eigenvalue weighted by Crippen LogP contribution is 2.12. The van der Waals surface area contributed by atoms with Crippen LogP contribution in [0.2, 0.25) is 0 Å². The van der Waals surface area contributed by atoms with Crippen molar-refractivity contribution in [3.05, 3.63) is 0 Å².